The van der Waals surface area contributed by atoms with Crippen LogP contribution in [0.2, 0.25) is 0 Å². The molecular formula is C31H24F3N3O2. The molecule has 0 fully saturated rings. The fraction of sp³-hybridized carbons (Fsp3) is 0.129. The van der Waals surface area contributed by atoms with Crippen molar-refractivity contribution in [2.75, 3.05) is 5.32 Å². The summed E-state index contributed by atoms with van der Waals surface area (Å²) in [5, 5.41) is 2.93. The maximum absolute atomic E-state index is 14.1. The first-order valence-electron chi connectivity index (χ1n) is 12.3. The fourth-order valence-electron chi connectivity index (χ4n) is 4.67. The number of fused-ring (bicyclic) bond motifs is 1. The summed E-state index contributed by atoms with van der Waals surface area (Å²) in [4.78, 5) is 32.7. The number of benzene rings is 4. The van der Waals surface area contributed by atoms with Gasteiger partial charge in [-0.25, -0.2) is 4.98 Å². The van der Waals surface area contributed by atoms with Gasteiger partial charge in [-0.2, -0.15) is 13.2 Å². The van der Waals surface area contributed by atoms with E-state index in [-0.39, 0.29) is 11.3 Å². The molecule has 1 atom stereocenters. The van der Waals surface area contributed by atoms with Gasteiger partial charge < -0.3 is 5.32 Å². The summed E-state index contributed by atoms with van der Waals surface area (Å²) in [6.07, 6.45) is -4.55. The average molecular weight is 528 g/mol. The first-order valence-corrected chi connectivity index (χ1v) is 12.3. The highest BCUT2D eigenvalue weighted by Crippen LogP contribution is 2.32. The highest BCUT2D eigenvalue weighted by molar-refractivity contribution is 5.98. The average Bonchev–Trinajstić information content (AvgIpc) is 2.92. The number of hydrogen-bond donors (Lipinski definition) is 1. The number of nitrogens with zero attached hydrogens (tertiary/aromatic N) is 2. The monoisotopic (exact) mass is 527 g/mol. The van der Waals surface area contributed by atoms with Gasteiger partial charge in [0.2, 0.25) is 0 Å². The van der Waals surface area contributed by atoms with Crippen molar-refractivity contribution in [3.05, 3.63) is 130 Å². The van der Waals surface area contributed by atoms with Gasteiger partial charge in [-0.05, 0) is 54.8 Å². The lowest BCUT2D eigenvalue weighted by molar-refractivity contribution is -0.137. The quantitative estimate of drug-likeness (QED) is 0.270. The van der Waals surface area contributed by atoms with Crippen LogP contribution < -0.4 is 10.9 Å². The van der Waals surface area contributed by atoms with Gasteiger partial charge in [0.05, 0.1) is 16.6 Å². The molecule has 1 heterocycles. The summed E-state index contributed by atoms with van der Waals surface area (Å²) < 4.78 is 41.4. The van der Waals surface area contributed by atoms with Crippen LogP contribution in [0.5, 0.6) is 0 Å². The normalized spacial score (nSPS) is 12.3. The lowest BCUT2D eigenvalue weighted by Gasteiger charge is -2.24. The van der Waals surface area contributed by atoms with E-state index in [9.17, 15) is 22.8 Å². The number of rotatable bonds is 5. The van der Waals surface area contributed by atoms with E-state index in [0.29, 0.717) is 22.3 Å². The Morgan fingerprint density at radius 3 is 2.08 bits per heavy atom. The van der Waals surface area contributed by atoms with Gasteiger partial charge in [0.1, 0.15) is 11.7 Å². The van der Waals surface area contributed by atoms with Gasteiger partial charge in [-0.15, -0.1) is 0 Å². The number of amides is 1. The van der Waals surface area contributed by atoms with E-state index in [1.165, 1.54) is 16.7 Å². The van der Waals surface area contributed by atoms with E-state index in [1.54, 1.807) is 48.5 Å². The number of nitrogens with one attached hydrogen (secondary N) is 1. The van der Waals surface area contributed by atoms with Crippen LogP contribution in [0.25, 0.3) is 22.3 Å². The highest BCUT2D eigenvalue weighted by atomic mass is 19.4. The Bertz CT molecular complexity index is 1710. The van der Waals surface area contributed by atoms with Gasteiger partial charge >= 0.3 is 6.18 Å². The molecule has 0 aliphatic rings. The summed E-state index contributed by atoms with van der Waals surface area (Å²) >= 11 is 0. The first kappa shape index (κ1) is 25.9. The maximum Gasteiger partial charge on any atom is 0.416 e. The van der Waals surface area contributed by atoms with E-state index in [1.807, 2.05) is 38.1 Å². The van der Waals surface area contributed by atoms with Crippen molar-refractivity contribution in [1.82, 2.24) is 9.55 Å². The van der Waals surface area contributed by atoms with Crippen LogP contribution in [-0.2, 0) is 11.0 Å². The summed E-state index contributed by atoms with van der Waals surface area (Å²) in [7, 11) is 0. The van der Waals surface area contributed by atoms with Crippen molar-refractivity contribution in [2.45, 2.75) is 26.1 Å². The Morgan fingerprint density at radius 1 is 0.821 bits per heavy atom. The number of halogens is 3. The Kier molecular flexibility index (Phi) is 6.78. The molecule has 0 saturated heterocycles. The minimum Gasteiger partial charge on any atom is -0.323 e. The molecule has 1 N–H and O–H groups in total. The summed E-state index contributed by atoms with van der Waals surface area (Å²) in [5.41, 5.74) is 2.57. The third-order valence-corrected chi connectivity index (χ3v) is 6.63. The highest BCUT2D eigenvalue weighted by Gasteiger charge is 2.32. The molecule has 0 saturated carbocycles. The maximum atomic E-state index is 14.1. The third kappa shape index (κ3) is 5.05. The van der Waals surface area contributed by atoms with Crippen LogP contribution in [0, 0.1) is 13.8 Å². The molecule has 0 aliphatic carbocycles. The number of alkyl halides is 3. The number of aryl methyl sites for hydroxylation is 2. The van der Waals surface area contributed by atoms with E-state index in [0.717, 1.165) is 23.3 Å². The molecule has 1 amide bonds. The Labute approximate surface area is 222 Å². The molecular weight excluding hydrogens is 503 g/mol. The van der Waals surface area contributed by atoms with E-state index in [4.69, 9.17) is 0 Å². The largest absolute Gasteiger partial charge is 0.416 e. The lowest BCUT2D eigenvalue weighted by Crippen LogP contribution is -2.36. The van der Waals surface area contributed by atoms with Crippen LogP contribution in [0.4, 0.5) is 18.9 Å². The molecule has 39 heavy (non-hydrogen) atoms. The molecule has 0 aliphatic heterocycles. The van der Waals surface area contributed by atoms with Gasteiger partial charge in [-0.1, -0.05) is 72.8 Å². The second-order valence-corrected chi connectivity index (χ2v) is 9.27. The van der Waals surface area contributed by atoms with Crippen LogP contribution in [0.15, 0.2) is 102 Å². The van der Waals surface area contributed by atoms with Crippen molar-refractivity contribution in [2.24, 2.45) is 0 Å². The second-order valence-electron chi connectivity index (χ2n) is 9.27. The Morgan fingerprint density at radius 2 is 1.44 bits per heavy atom. The zero-order valence-electron chi connectivity index (χ0n) is 21.2. The molecule has 5 nitrogen and oxygen atoms in total. The van der Waals surface area contributed by atoms with Crippen molar-refractivity contribution >= 4 is 22.6 Å². The lowest BCUT2D eigenvalue weighted by atomic mass is 10.0. The number of aromatic nitrogens is 2. The smallest absolute Gasteiger partial charge is 0.323 e. The molecule has 0 bridgehead atoms. The number of carbonyl (C=O) groups excluding carboxylic acids is 1. The van der Waals surface area contributed by atoms with Crippen molar-refractivity contribution in [3.8, 4) is 11.3 Å². The molecule has 8 heteroatoms. The molecule has 5 aromatic rings. The van der Waals surface area contributed by atoms with Crippen LogP contribution in [0.3, 0.4) is 0 Å². The Balaban J connectivity index is 1.77. The van der Waals surface area contributed by atoms with E-state index < -0.39 is 29.2 Å². The van der Waals surface area contributed by atoms with Crippen molar-refractivity contribution in [1.29, 1.82) is 0 Å². The summed E-state index contributed by atoms with van der Waals surface area (Å²) in [5.74, 6) is -0.565. The van der Waals surface area contributed by atoms with Crippen molar-refractivity contribution < 1.29 is 18.0 Å². The molecule has 196 valence electrons. The zero-order chi connectivity index (χ0) is 27.7. The number of hydrogen-bond acceptors (Lipinski definition) is 3. The predicted molar refractivity (Wildman–Crippen MR) is 146 cm³/mol. The van der Waals surface area contributed by atoms with Crippen molar-refractivity contribution in [3.63, 3.8) is 0 Å². The fourth-order valence-corrected chi connectivity index (χ4v) is 4.67. The van der Waals surface area contributed by atoms with Crippen LogP contribution in [0.1, 0.15) is 28.3 Å². The van der Waals surface area contributed by atoms with Gasteiger partial charge in [-0.3, -0.25) is 14.2 Å². The standard InChI is InChI=1S/C31H24F3N3O2/c1-19-9-8-10-20(2)26(19)36-29(38)28(22-15-17-23(18-16-22)31(32,33)34)37-25-14-7-6-13-24(25)35-27(30(37)39)21-11-4-3-5-12-21/h3-18,28H,1-2H3,(H,36,38). The SMILES string of the molecule is Cc1cccc(C)c1NC(=O)C(c1ccc(C(F)(F)F)cc1)n1c(=O)c(-c2ccccc2)nc2ccccc21. The number of carbonyl (C=O) groups is 1. The van der Waals surface area contributed by atoms with Crippen LogP contribution in [-0.4, -0.2) is 15.5 Å². The van der Waals surface area contributed by atoms with E-state index in [2.05, 4.69) is 10.3 Å². The number of anilines is 1. The van der Waals surface area contributed by atoms with Gasteiger partial charge in [0, 0.05) is 11.3 Å². The van der Waals surface area contributed by atoms with Gasteiger partial charge in [0.25, 0.3) is 11.5 Å². The summed E-state index contributed by atoms with van der Waals surface area (Å²) in [6, 6.07) is 24.3. The van der Waals surface area contributed by atoms with Gasteiger partial charge in [0.15, 0.2) is 0 Å². The molecule has 5 rings (SSSR count). The molecule has 0 radical (unpaired) electrons. The topological polar surface area (TPSA) is 64.0 Å². The third-order valence-electron chi connectivity index (χ3n) is 6.63. The molecule has 1 aromatic heterocycles. The minimum absolute atomic E-state index is 0.131. The second kappa shape index (κ2) is 10.2. The van der Waals surface area contributed by atoms with Crippen LogP contribution >= 0.6 is 0 Å². The summed E-state index contributed by atoms with van der Waals surface area (Å²) in [6.45, 7) is 3.69. The Hall–Kier alpha value is -4.72. The number of para-hydroxylation sites is 3. The molecule has 1 unspecified atom stereocenters. The molecule has 4 aromatic carbocycles. The first-order chi connectivity index (χ1) is 18.6. The minimum atomic E-state index is -4.55. The predicted octanol–water partition coefficient (Wildman–Crippen LogP) is 6.93. The molecule has 0 spiro atoms. The zero-order valence-corrected chi connectivity index (χ0v) is 21.2. The van der Waals surface area contributed by atoms with E-state index >= 15 is 0 Å².